The van der Waals surface area contributed by atoms with E-state index < -0.39 is 0 Å². The Balaban J connectivity index is 1.44. The van der Waals surface area contributed by atoms with Crippen LogP contribution in [0.5, 0.6) is 0 Å². The van der Waals surface area contributed by atoms with Gasteiger partial charge in [0.25, 0.3) is 0 Å². The van der Waals surface area contributed by atoms with Gasteiger partial charge in [0, 0.05) is 65.8 Å². The van der Waals surface area contributed by atoms with Crippen LogP contribution in [0.15, 0.2) is 4.99 Å². The summed E-state index contributed by atoms with van der Waals surface area (Å²) in [6.45, 7) is 8.70. The maximum absolute atomic E-state index is 12.8. The van der Waals surface area contributed by atoms with Gasteiger partial charge in [-0.3, -0.25) is 19.5 Å². The van der Waals surface area contributed by atoms with Crippen molar-refractivity contribution in [3.63, 3.8) is 0 Å². The Morgan fingerprint density at radius 3 is 2.26 bits per heavy atom. The summed E-state index contributed by atoms with van der Waals surface area (Å²) in [5, 5.41) is 6.76. The molecule has 0 aromatic heterocycles. The van der Waals surface area contributed by atoms with Gasteiger partial charge in [0.15, 0.2) is 5.96 Å². The molecule has 1 heterocycles. The van der Waals surface area contributed by atoms with Gasteiger partial charge >= 0.3 is 0 Å². The van der Waals surface area contributed by atoms with Gasteiger partial charge in [-0.15, -0.1) is 0 Å². The molecule has 0 aromatic carbocycles. The summed E-state index contributed by atoms with van der Waals surface area (Å²) in [7, 11) is 3.68. The van der Waals surface area contributed by atoms with E-state index in [0.717, 1.165) is 90.3 Å². The average Bonchev–Trinajstić information content (AvgIpc) is 3.20. The van der Waals surface area contributed by atoms with Crippen molar-refractivity contribution in [2.45, 2.75) is 51.9 Å². The predicted octanol–water partition coefficient (Wildman–Crippen LogP) is 1.13. The van der Waals surface area contributed by atoms with E-state index in [2.05, 4.69) is 27.4 Å². The molecule has 0 aromatic rings. The van der Waals surface area contributed by atoms with Gasteiger partial charge in [0.2, 0.25) is 11.8 Å². The van der Waals surface area contributed by atoms with Gasteiger partial charge in [-0.2, -0.15) is 0 Å². The van der Waals surface area contributed by atoms with E-state index in [-0.39, 0.29) is 11.3 Å². The molecule has 176 valence electrons. The number of carbonyl (C=O) groups is 2. The Hall–Kier alpha value is -1.83. The summed E-state index contributed by atoms with van der Waals surface area (Å²) in [4.78, 5) is 36.2. The first-order valence-corrected chi connectivity index (χ1v) is 12.2. The Bertz CT molecular complexity index is 632. The third-order valence-electron chi connectivity index (χ3n) is 7.16. The van der Waals surface area contributed by atoms with Crippen LogP contribution < -0.4 is 10.6 Å². The van der Waals surface area contributed by atoms with E-state index in [4.69, 9.17) is 4.99 Å². The molecule has 0 atom stereocenters. The summed E-state index contributed by atoms with van der Waals surface area (Å²) >= 11 is 0. The van der Waals surface area contributed by atoms with E-state index >= 15 is 0 Å². The zero-order valence-electron chi connectivity index (χ0n) is 19.8. The second-order valence-electron chi connectivity index (χ2n) is 9.60. The highest BCUT2D eigenvalue weighted by molar-refractivity contribution is 5.84. The zero-order chi connectivity index (χ0) is 22.3. The molecule has 2 aliphatic carbocycles. The highest BCUT2D eigenvalue weighted by Crippen LogP contribution is 2.39. The molecule has 1 saturated heterocycles. The maximum atomic E-state index is 12.8. The fourth-order valence-corrected chi connectivity index (χ4v) is 4.98. The number of aliphatic imine (C=N–C) groups is 1. The van der Waals surface area contributed by atoms with Gasteiger partial charge < -0.3 is 20.4 Å². The van der Waals surface area contributed by atoms with Crippen LogP contribution in [0.1, 0.15) is 51.9 Å². The first-order chi connectivity index (χ1) is 14.9. The van der Waals surface area contributed by atoms with Crippen LogP contribution in [0.4, 0.5) is 0 Å². The summed E-state index contributed by atoms with van der Waals surface area (Å²) < 4.78 is 0. The molecule has 8 heteroatoms. The largest absolute Gasteiger partial charge is 0.357 e. The lowest BCUT2D eigenvalue weighted by Gasteiger charge is -2.38. The van der Waals surface area contributed by atoms with E-state index in [0.29, 0.717) is 18.4 Å². The summed E-state index contributed by atoms with van der Waals surface area (Å²) in [6, 6.07) is 0. The first kappa shape index (κ1) is 23.8. The Kier molecular flexibility index (Phi) is 8.58. The summed E-state index contributed by atoms with van der Waals surface area (Å²) in [6.07, 6.45) is 7.44. The third kappa shape index (κ3) is 6.11. The maximum Gasteiger partial charge on any atom is 0.230 e. The molecule has 0 unspecified atom stereocenters. The van der Waals surface area contributed by atoms with Crippen LogP contribution in [0.3, 0.4) is 0 Å². The van der Waals surface area contributed by atoms with Crippen molar-refractivity contribution in [1.29, 1.82) is 0 Å². The highest BCUT2D eigenvalue weighted by atomic mass is 16.2. The molecule has 3 fully saturated rings. The molecule has 2 amide bonds. The van der Waals surface area contributed by atoms with Gasteiger partial charge in [0.1, 0.15) is 0 Å². The van der Waals surface area contributed by atoms with Crippen LogP contribution in [0, 0.1) is 11.3 Å². The van der Waals surface area contributed by atoms with Crippen molar-refractivity contribution >= 4 is 17.8 Å². The number of nitrogens with zero attached hydrogens (tertiary/aromatic N) is 4. The molecule has 0 radical (unpaired) electrons. The standard InChI is InChI=1S/C23H42N6O2/c1-4-24-22(26-18-23(10-5-6-11-23)21(31)27(2)3)25-12-13-28-14-16-29(17-15-28)20(30)19-8-7-9-19/h19H,4-18H2,1-3H3,(H2,24,25,26). The molecule has 8 nitrogen and oxygen atoms in total. The lowest BCUT2D eigenvalue weighted by Crippen LogP contribution is -2.52. The van der Waals surface area contributed by atoms with Crippen molar-refractivity contribution in [1.82, 2.24) is 25.3 Å². The highest BCUT2D eigenvalue weighted by Gasteiger charge is 2.42. The summed E-state index contributed by atoms with van der Waals surface area (Å²) in [5.74, 6) is 1.67. The van der Waals surface area contributed by atoms with Crippen LogP contribution in [0.25, 0.3) is 0 Å². The fraction of sp³-hybridized carbons (Fsp3) is 0.870. The minimum atomic E-state index is -0.338. The quantitative estimate of drug-likeness (QED) is 0.442. The third-order valence-corrected chi connectivity index (χ3v) is 7.16. The number of nitrogens with one attached hydrogen (secondary N) is 2. The molecule has 2 N–H and O–H groups in total. The number of hydrogen-bond donors (Lipinski definition) is 2. The van der Waals surface area contributed by atoms with Crippen LogP contribution in [0.2, 0.25) is 0 Å². The van der Waals surface area contributed by atoms with E-state index in [1.54, 1.807) is 4.90 Å². The van der Waals surface area contributed by atoms with Gasteiger partial charge in [-0.25, -0.2) is 0 Å². The fourth-order valence-electron chi connectivity index (χ4n) is 4.98. The minimum absolute atomic E-state index is 0.207. The van der Waals surface area contributed by atoms with Crippen molar-refractivity contribution < 1.29 is 9.59 Å². The van der Waals surface area contributed by atoms with Crippen molar-refractivity contribution in [2.24, 2.45) is 16.3 Å². The first-order valence-electron chi connectivity index (χ1n) is 12.2. The molecule has 31 heavy (non-hydrogen) atoms. The van der Waals surface area contributed by atoms with Crippen LogP contribution in [-0.2, 0) is 9.59 Å². The predicted molar refractivity (Wildman–Crippen MR) is 124 cm³/mol. The van der Waals surface area contributed by atoms with Crippen molar-refractivity contribution in [2.75, 3.05) is 66.5 Å². The molecule has 1 aliphatic heterocycles. The van der Waals surface area contributed by atoms with Crippen LogP contribution in [-0.4, -0.2) is 98.9 Å². The number of rotatable bonds is 8. The lowest BCUT2D eigenvalue weighted by atomic mass is 9.84. The van der Waals surface area contributed by atoms with Gasteiger partial charge in [-0.1, -0.05) is 19.3 Å². The number of hydrogen-bond acceptors (Lipinski definition) is 4. The smallest absolute Gasteiger partial charge is 0.230 e. The topological polar surface area (TPSA) is 80.3 Å². The molecule has 0 bridgehead atoms. The monoisotopic (exact) mass is 434 g/mol. The number of carbonyl (C=O) groups excluding carboxylic acids is 2. The molecule has 0 spiro atoms. The van der Waals surface area contributed by atoms with Crippen molar-refractivity contribution in [3.05, 3.63) is 0 Å². The zero-order valence-corrected chi connectivity index (χ0v) is 19.8. The normalized spacial score (nSPS) is 22.2. The number of guanidine groups is 1. The minimum Gasteiger partial charge on any atom is -0.357 e. The Labute approximate surface area is 187 Å². The SMILES string of the molecule is CCNC(=NCC1(C(=O)N(C)C)CCCC1)NCCN1CCN(C(=O)C2CCC2)CC1. The summed E-state index contributed by atoms with van der Waals surface area (Å²) in [5.41, 5.74) is -0.338. The van der Waals surface area contributed by atoms with E-state index in [1.807, 2.05) is 14.1 Å². The molecule has 3 aliphatic rings. The molecule has 3 rings (SSSR count). The lowest BCUT2D eigenvalue weighted by molar-refractivity contribution is -0.140. The Morgan fingerprint density at radius 2 is 1.71 bits per heavy atom. The van der Waals surface area contributed by atoms with Gasteiger partial charge in [0.05, 0.1) is 12.0 Å². The van der Waals surface area contributed by atoms with E-state index in [9.17, 15) is 9.59 Å². The second kappa shape index (κ2) is 11.2. The van der Waals surface area contributed by atoms with Gasteiger partial charge in [-0.05, 0) is 32.6 Å². The van der Waals surface area contributed by atoms with Crippen LogP contribution >= 0.6 is 0 Å². The Morgan fingerprint density at radius 1 is 1.03 bits per heavy atom. The average molecular weight is 435 g/mol. The molecule has 2 saturated carbocycles. The van der Waals surface area contributed by atoms with Crippen molar-refractivity contribution in [3.8, 4) is 0 Å². The van der Waals surface area contributed by atoms with E-state index in [1.165, 1.54) is 6.42 Å². The number of piperazine rings is 1. The molecular formula is C23H42N6O2. The molecular weight excluding hydrogens is 392 g/mol. The number of amides is 2. The second-order valence-corrected chi connectivity index (χ2v) is 9.60.